The molecule has 0 saturated heterocycles. The maximum Gasteiger partial charge on any atom is 0.295 e. The lowest BCUT2D eigenvalue weighted by Crippen LogP contribution is -2.31. The van der Waals surface area contributed by atoms with E-state index in [4.69, 9.17) is 16.3 Å². The first-order valence-electron chi connectivity index (χ1n) is 5.51. The van der Waals surface area contributed by atoms with Gasteiger partial charge in [-0.1, -0.05) is 17.2 Å². The summed E-state index contributed by atoms with van der Waals surface area (Å²) in [5, 5.41) is 7.56. The van der Waals surface area contributed by atoms with E-state index in [-0.39, 0.29) is 22.2 Å². The van der Waals surface area contributed by atoms with E-state index in [2.05, 4.69) is 10.2 Å². The SMILES string of the molecule is Cc1cccc(N(C)C(=O)COc2nnc(Cl)s2)c1. The third-order valence-electron chi connectivity index (χ3n) is 2.46. The smallest absolute Gasteiger partial charge is 0.295 e. The van der Waals surface area contributed by atoms with Crippen LogP contribution < -0.4 is 9.64 Å². The average molecular weight is 298 g/mol. The number of carbonyl (C=O) groups excluding carboxylic acids is 1. The summed E-state index contributed by atoms with van der Waals surface area (Å²) < 4.78 is 5.52. The van der Waals surface area contributed by atoms with Crippen molar-refractivity contribution < 1.29 is 9.53 Å². The first-order chi connectivity index (χ1) is 9.06. The Hall–Kier alpha value is -1.66. The molecule has 0 N–H and O–H groups in total. The molecule has 7 heteroatoms. The zero-order valence-electron chi connectivity index (χ0n) is 10.5. The van der Waals surface area contributed by atoms with E-state index in [0.29, 0.717) is 0 Å². The number of hydrogen-bond acceptors (Lipinski definition) is 5. The Bertz CT molecular complexity index is 588. The molecule has 1 aromatic carbocycles. The molecule has 5 nitrogen and oxygen atoms in total. The minimum atomic E-state index is -0.170. The van der Waals surface area contributed by atoms with Gasteiger partial charge in [0, 0.05) is 12.7 Å². The zero-order chi connectivity index (χ0) is 13.8. The largest absolute Gasteiger partial charge is 0.459 e. The van der Waals surface area contributed by atoms with Crippen LogP contribution in [-0.2, 0) is 4.79 Å². The van der Waals surface area contributed by atoms with Crippen molar-refractivity contribution in [2.75, 3.05) is 18.6 Å². The Morgan fingerprint density at radius 3 is 2.89 bits per heavy atom. The summed E-state index contributed by atoms with van der Waals surface area (Å²) in [4.78, 5) is 13.5. The number of rotatable bonds is 4. The van der Waals surface area contributed by atoms with Crippen molar-refractivity contribution in [3.63, 3.8) is 0 Å². The van der Waals surface area contributed by atoms with Gasteiger partial charge in [-0.25, -0.2) is 0 Å². The van der Waals surface area contributed by atoms with Crippen LogP contribution in [-0.4, -0.2) is 29.8 Å². The van der Waals surface area contributed by atoms with E-state index >= 15 is 0 Å². The molecule has 0 unspecified atom stereocenters. The van der Waals surface area contributed by atoms with Gasteiger partial charge in [0.15, 0.2) is 6.61 Å². The van der Waals surface area contributed by atoms with Gasteiger partial charge in [0.05, 0.1) is 0 Å². The van der Waals surface area contributed by atoms with E-state index in [1.165, 1.54) is 4.90 Å². The molecule has 0 aliphatic rings. The van der Waals surface area contributed by atoms with Crippen LogP contribution in [0.1, 0.15) is 5.56 Å². The highest BCUT2D eigenvalue weighted by atomic mass is 35.5. The maximum absolute atomic E-state index is 12.0. The van der Waals surface area contributed by atoms with Crippen LogP contribution in [0.25, 0.3) is 0 Å². The topological polar surface area (TPSA) is 55.3 Å². The second-order valence-electron chi connectivity index (χ2n) is 3.90. The van der Waals surface area contributed by atoms with Gasteiger partial charge in [-0.2, -0.15) is 0 Å². The Morgan fingerprint density at radius 2 is 2.26 bits per heavy atom. The fourth-order valence-corrected chi connectivity index (χ4v) is 2.11. The zero-order valence-corrected chi connectivity index (χ0v) is 12.0. The molecule has 0 spiro atoms. The highest BCUT2D eigenvalue weighted by Gasteiger charge is 2.13. The number of hydrogen-bond donors (Lipinski definition) is 0. The van der Waals surface area contributed by atoms with E-state index < -0.39 is 0 Å². The van der Waals surface area contributed by atoms with Gasteiger partial charge < -0.3 is 9.64 Å². The van der Waals surface area contributed by atoms with Gasteiger partial charge in [0.25, 0.3) is 11.1 Å². The van der Waals surface area contributed by atoms with Gasteiger partial charge in [0.2, 0.25) is 4.47 Å². The fraction of sp³-hybridized carbons (Fsp3) is 0.250. The lowest BCUT2D eigenvalue weighted by molar-refractivity contribution is -0.120. The van der Waals surface area contributed by atoms with E-state index in [9.17, 15) is 4.79 Å². The minimum absolute atomic E-state index is 0.101. The van der Waals surface area contributed by atoms with Gasteiger partial charge in [-0.15, -0.1) is 5.10 Å². The van der Waals surface area contributed by atoms with Crippen LogP contribution >= 0.6 is 22.9 Å². The molecule has 0 fully saturated rings. The molecule has 0 aliphatic carbocycles. The van der Waals surface area contributed by atoms with Gasteiger partial charge in [0.1, 0.15) is 0 Å². The van der Waals surface area contributed by atoms with Crippen LogP contribution in [0.2, 0.25) is 4.47 Å². The molecular formula is C12H12ClN3O2S. The number of amides is 1. The first-order valence-corrected chi connectivity index (χ1v) is 6.71. The normalized spacial score (nSPS) is 10.3. The Labute approximate surface area is 119 Å². The third-order valence-corrected chi connectivity index (χ3v) is 3.40. The van der Waals surface area contributed by atoms with Crippen molar-refractivity contribution in [1.29, 1.82) is 0 Å². The van der Waals surface area contributed by atoms with Crippen molar-refractivity contribution in [2.24, 2.45) is 0 Å². The molecule has 0 radical (unpaired) electrons. The summed E-state index contributed by atoms with van der Waals surface area (Å²) in [7, 11) is 1.70. The van der Waals surface area contributed by atoms with E-state index in [1.807, 2.05) is 31.2 Å². The minimum Gasteiger partial charge on any atom is -0.459 e. The number of likely N-dealkylation sites (N-methyl/N-ethyl adjacent to an activating group) is 1. The van der Waals surface area contributed by atoms with Crippen LogP contribution in [0.4, 0.5) is 5.69 Å². The van der Waals surface area contributed by atoms with Crippen molar-refractivity contribution in [1.82, 2.24) is 10.2 Å². The number of nitrogens with zero attached hydrogens (tertiary/aromatic N) is 3. The summed E-state index contributed by atoms with van der Waals surface area (Å²) in [6.07, 6.45) is 0. The van der Waals surface area contributed by atoms with Gasteiger partial charge in [-0.05, 0) is 47.6 Å². The second-order valence-corrected chi connectivity index (χ2v) is 5.42. The van der Waals surface area contributed by atoms with Crippen molar-refractivity contribution in [3.8, 4) is 5.19 Å². The molecule has 1 aromatic heterocycles. The van der Waals surface area contributed by atoms with Crippen LogP contribution in [0.5, 0.6) is 5.19 Å². The lowest BCUT2D eigenvalue weighted by Gasteiger charge is -2.17. The first kappa shape index (κ1) is 13.8. The standard InChI is InChI=1S/C12H12ClN3O2S/c1-8-4-3-5-9(6-8)16(2)10(17)7-18-12-15-14-11(13)19-12/h3-6H,7H2,1-2H3. The Morgan fingerprint density at radius 1 is 1.47 bits per heavy atom. The molecule has 100 valence electrons. The van der Waals surface area contributed by atoms with E-state index in [0.717, 1.165) is 22.6 Å². The van der Waals surface area contributed by atoms with Crippen LogP contribution in [0, 0.1) is 6.92 Å². The molecule has 0 saturated carbocycles. The highest BCUT2D eigenvalue weighted by Crippen LogP contribution is 2.22. The summed E-state index contributed by atoms with van der Waals surface area (Å²) in [5.74, 6) is -0.170. The summed E-state index contributed by atoms with van der Waals surface area (Å²) in [6.45, 7) is 1.87. The second kappa shape index (κ2) is 5.99. The number of carbonyl (C=O) groups is 1. The number of benzene rings is 1. The number of ether oxygens (including phenoxy) is 1. The predicted molar refractivity (Wildman–Crippen MR) is 75.0 cm³/mol. The lowest BCUT2D eigenvalue weighted by atomic mass is 10.2. The summed E-state index contributed by atoms with van der Waals surface area (Å²) in [6, 6.07) is 7.67. The molecule has 19 heavy (non-hydrogen) atoms. The predicted octanol–water partition coefficient (Wildman–Crippen LogP) is 2.54. The quantitative estimate of drug-likeness (QED) is 0.870. The summed E-state index contributed by atoms with van der Waals surface area (Å²) in [5.41, 5.74) is 1.91. The van der Waals surface area contributed by atoms with E-state index in [1.54, 1.807) is 7.05 Å². The fourth-order valence-electron chi connectivity index (χ4n) is 1.45. The number of halogens is 1. The molecule has 1 heterocycles. The maximum atomic E-state index is 12.0. The van der Waals surface area contributed by atoms with Crippen molar-refractivity contribution in [2.45, 2.75) is 6.92 Å². The van der Waals surface area contributed by atoms with Crippen LogP contribution in [0.3, 0.4) is 0 Å². The number of anilines is 1. The van der Waals surface area contributed by atoms with Crippen LogP contribution in [0.15, 0.2) is 24.3 Å². The van der Waals surface area contributed by atoms with Crippen molar-refractivity contribution >= 4 is 34.5 Å². The third kappa shape index (κ3) is 3.65. The molecular weight excluding hydrogens is 286 g/mol. The summed E-state index contributed by atoms with van der Waals surface area (Å²) >= 11 is 6.71. The van der Waals surface area contributed by atoms with Gasteiger partial charge in [-0.3, -0.25) is 4.79 Å². The monoisotopic (exact) mass is 297 g/mol. The molecule has 0 bridgehead atoms. The number of aryl methyl sites for hydroxylation is 1. The van der Waals surface area contributed by atoms with Crippen molar-refractivity contribution in [3.05, 3.63) is 34.3 Å². The molecule has 2 rings (SSSR count). The highest BCUT2D eigenvalue weighted by molar-refractivity contribution is 7.17. The molecule has 0 atom stereocenters. The number of aromatic nitrogens is 2. The molecule has 2 aromatic rings. The Balaban J connectivity index is 1.96. The molecule has 0 aliphatic heterocycles. The van der Waals surface area contributed by atoms with Gasteiger partial charge >= 0.3 is 0 Å². The Kier molecular flexibility index (Phi) is 4.34. The average Bonchev–Trinajstić information content (AvgIpc) is 2.81. The molecule has 1 amide bonds.